The molecule has 4 heteroatoms. The van der Waals surface area contributed by atoms with Crippen molar-refractivity contribution in [2.24, 2.45) is 0 Å². The molecule has 0 aliphatic carbocycles. The number of hydrogen-bond acceptors (Lipinski definition) is 4. The van der Waals surface area contributed by atoms with Gasteiger partial charge in [-0.25, -0.2) is 4.79 Å². The molecule has 0 bridgehead atoms. The summed E-state index contributed by atoms with van der Waals surface area (Å²) in [6.45, 7) is 3.66. The van der Waals surface area contributed by atoms with Crippen molar-refractivity contribution in [1.82, 2.24) is 0 Å². The van der Waals surface area contributed by atoms with E-state index in [0.717, 1.165) is 0 Å². The third kappa shape index (κ3) is 3.55. The molecular formula is C12H15O4. The van der Waals surface area contributed by atoms with E-state index in [0.29, 0.717) is 23.8 Å². The van der Waals surface area contributed by atoms with E-state index in [1.165, 1.54) is 0 Å². The number of ether oxygens (including phenoxy) is 1. The van der Waals surface area contributed by atoms with Crippen molar-refractivity contribution in [3.63, 3.8) is 0 Å². The highest BCUT2D eigenvalue weighted by atomic mass is 17.2. The molecule has 0 aliphatic rings. The maximum atomic E-state index is 11.5. The van der Waals surface area contributed by atoms with Crippen LogP contribution < -0.4 is 4.74 Å². The Kier molecular flexibility index (Phi) is 4.79. The van der Waals surface area contributed by atoms with Gasteiger partial charge in [-0.1, -0.05) is 6.92 Å². The molecule has 0 saturated heterocycles. The van der Waals surface area contributed by atoms with E-state index in [2.05, 4.69) is 4.89 Å². The summed E-state index contributed by atoms with van der Waals surface area (Å²) in [5.74, 6) is 0.171. The molecule has 0 aliphatic heterocycles. The van der Waals surface area contributed by atoms with E-state index >= 15 is 0 Å². The zero-order valence-corrected chi connectivity index (χ0v) is 9.65. The predicted octanol–water partition coefficient (Wildman–Crippen LogP) is 2.75. The van der Waals surface area contributed by atoms with E-state index in [1.54, 1.807) is 38.3 Å². The number of benzene rings is 1. The Morgan fingerprint density at radius 2 is 1.81 bits per heavy atom. The van der Waals surface area contributed by atoms with Crippen molar-refractivity contribution in [1.29, 1.82) is 0 Å². The molecule has 0 unspecified atom stereocenters. The summed E-state index contributed by atoms with van der Waals surface area (Å²) in [5.41, 5.74) is 0.421. The number of methoxy groups -OCH3 is 1. The minimum absolute atomic E-state index is 0.421. The van der Waals surface area contributed by atoms with E-state index < -0.39 is 5.97 Å². The van der Waals surface area contributed by atoms with Crippen LogP contribution in [0.1, 0.15) is 30.6 Å². The zero-order valence-electron chi connectivity index (χ0n) is 9.65. The van der Waals surface area contributed by atoms with Gasteiger partial charge in [0.15, 0.2) is 0 Å². The van der Waals surface area contributed by atoms with Gasteiger partial charge in [0.1, 0.15) is 11.9 Å². The maximum absolute atomic E-state index is 11.5. The summed E-state index contributed by atoms with van der Waals surface area (Å²) in [7, 11) is 1.57. The van der Waals surface area contributed by atoms with Crippen molar-refractivity contribution in [2.75, 3.05) is 7.11 Å². The van der Waals surface area contributed by atoms with Crippen LogP contribution in [0.5, 0.6) is 5.75 Å². The average molecular weight is 223 g/mol. The summed E-state index contributed by atoms with van der Waals surface area (Å²) in [6.07, 6.45) is 1.36. The SMILES string of the molecule is CC[C](C)OOC(=O)c1ccc(OC)cc1. The molecule has 0 amide bonds. The smallest absolute Gasteiger partial charge is 0.373 e. The first kappa shape index (κ1) is 12.5. The molecule has 0 heterocycles. The van der Waals surface area contributed by atoms with Gasteiger partial charge < -0.3 is 4.74 Å². The second kappa shape index (κ2) is 6.12. The van der Waals surface area contributed by atoms with Crippen LogP contribution in [0, 0.1) is 6.10 Å². The molecule has 0 fully saturated rings. The first-order valence-electron chi connectivity index (χ1n) is 5.02. The van der Waals surface area contributed by atoms with Gasteiger partial charge in [0.05, 0.1) is 12.7 Å². The lowest BCUT2D eigenvalue weighted by molar-refractivity contribution is -0.232. The molecule has 4 nitrogen and oxygen atoms in total. The van der Waals surface area contributed by atoms with Crippen LogP contribution in [-0.2, 0) is 9.78 Å². The fraction of sp³-hybridized carbons (Fsp3) is 0.333. The molecular weight excluding hydrogens is 208 g/mol. The number of rotatable bonds is 5. The predicted molar refractivity (Wildman–Crippen MR) is 58.7 cm³/mol. The summed E-state index contributed by atoms with van der Waals surface area (Å²) in [6, 6.07) is 6.61. The minimum atomic E-state index is -0.518. The van der Waals surface area contributed by atoms with Crippen LogP contribution in [0.2, 0.25) is 0 Å². The summed E-state index contributed by atoms with van der Waals surface area (Å²) in [4.78, 5) is 20.9. The first-order chi connectivity index (χ1) is 7.67. The number of carbonyl (C=O) groups is 1. The highest BCUT2D eigenvalue weighted by Crippen LogP contribution is 2.13. The van der Waals surface area contributed by atoms with Crippen LogP contribution in [-0.4, -0.2) is 13.1 Å². The summed E-state index contributed by atoms with van der Waals surface area (Å²) in [5, 5.41) is 0. The third-order valence-electron chi connectivity index (χ3n) is 2.08. The quantitative estimate of drug-likeness (QED) is 0.568. The Labute approximate surface area is 95.1 Å². The molecule has 16 heavy (non-hydrogen) atoms. The van der Waals surface area contributed by atoms with Gasteiger partial charge in [-0.05, 0) is 37.6 Å². The second-order valence-corrected chi connectivity index (χ2v) is 3.24. The Balaban J connectivity index is 2.52. The Morgan fingerprint density at radius 3 is 2.31 bits per heavy atom. The van der Waals surface area contributed by atoms with Gasteiger partial charge in [-0.2, -0.15) is 4.89 Å². The molecule has 1 aromatic carbocycles. The number of carbonyl (C=O) groups excluding carboxylic acids is 1. The summed E-state index contributed by atoms with van der Waals surface area (Å²) >= 11 is 0. The Morgan fingerprint density at radius 1 is 1.19 bits per heavy atom. The van der Waals surface area contributed by atoms with Crippen LogP contribution in [0.4, 0.5) is 0 Å². The van der Waals surface area contributed by atoms with Crippen LogP contribution >= 0.6 is 0 Å². The van der Waals surface area contributed by atoms with Gasteiger partial charge in [0.25, 0.3) is 0 Å². The fourth-order valence-electron chi connectivity index (χ4n) is 0.943. The molecule has 1 rings (SSSR count). The maximum Gasteiger partial charge on any atom is 0.373 e. The van der Waals surface area contributed by atoms with E-state index in [4.69, 9.17) is 9.62 Å². The highest BCUT2D eigenvalue weighted by Gasteiger charge is 2.10. The highest BCUT2D eigenvalue weighted by molar-refractivity contribution is 5.89. The molecule has 0 saturated carbocycles. The zero-order chi connectivity index (χ0) is 12.0. The van der Waals surface area contributed by atoms with Gasteiger partial charge in [0.2, 0.25) is 0 Å². The lowest BCUT2D eigenvalue weighted by atomic mass is 10.2. The fourth-order valence-corrected chi connectivity index (χ4v) is 0.943. The molecule has 0 aromatic heterocycles. The topological polar surface area (TPSA) is 44.8 Å². The van der Waals surface area contributed by atoms with Crippen LogP contribution in [0.25, 0.3) is 0 Å². The molecule has 0 N–H and O–H groups in total. The standard InChI is InChI=1S/C12H15O4/c1-4-9(2)15-16-12(13)10-5-7-11(14-3)8-6-10/h5-8H,4H2,1-3H3. The number of hydrogen-bond donors (Lipinski definition) is 0. The molecule has 1 aromatic rings. The Hall–Kier alpha value is -1.55. The Bertz CT molecular complexity index is 331. The lowest BCUT2D eigenvalue weighted by Gasteiger charge is -2.07. The molecule has 0 atom stereocenters. The molecule has 1 radical (unpaired) electrons. The molecule has 0 spiro atoms. The third-order valence-corrected chi connectivity index (χ3v) is 2.08. The molecule has 87 valence electrons. The monoisotopic (exact) mass is 223 g/mol. The van der Waals surface area contributed by atoms with Gasteiger partial charge in [-0.3, -0.25) is 4.89 Å². The second-order valence-electron chi connectivity index (χ2n) is 3.24. The average Bonchev–Trinajstić information content (AvgIpc) is 2.35. The first-order valence-corrected chi connectivity index (χ1v) is 5.02. The van der Waals surface area contributed by atoms with E-state index in [1.807, 2.05) is 6.92 Å². The van der Waals surface area contributed by atoms with E-state index in [9.17, 15) is 4.79 Å². The van der Waals surface area contributed by atoms with Crippen LogP contribution in [0.15, 0.2) is 24.3 Å². The minimum Gasteiger partial charge on any atom is -0.497 e. The van der Waals surface area contributed by atoms with Gasteiger partial charge in [-0.15, -0.1) is 0 Å². The van der Waals surface area contributed by atoms with Gasteiger partial charge in [0, 0.05) is 0 Å². The van der Waals surface area contributed by atoms with Crippen molar-refractivity contribution >= 4 is 5.97 Å². The lowest BCUT2D eigenvalue weighted by Crippen LogP contribution is -2.08. The van der Waals surface area contributed by atoms with Gasteiger partial charge >= 0.3 is 5.97 Å². The van der Waals surface area contributed by atoms with Crippen molar-refractivity contribution in [2.45, 2.75) is 20.3 Å². The van der Waals surface area contributed by atoms with Crippen molar-refractivity contribution < 1.29 is 19.3 Å². The van der Waals surface area contributed by atoms with E-state index in [-0.39, 0.29) is 0 Å². The largest absolute Gasteiger partial charge is 0.497 e. The van der Waals surface area contributed by atoms with Crippen LogP contribution in [0.3, 0.4) is 0 Å². The van der Waals surface area contributed by atoms with Crippen molar-refractivity contribution in [3.05, 3.63) is 35.9 Å². The normalized spacial score (nSPS) is 10.2. The summed E-state index contributed by atoms with van der Waals surface area (Å²) < 4.78 is 4.98. The van der Waals surface area contributed by atoms with Crippen molar-refractivity contribution in [3.8, 4) is 5.75 Å².